The Morgan fingerprint density at radius 2 is 2.00 bits per heavy atom. The number of alkyl halides is 3. The Balaban J connectivity index is 2.44. The fourth-order valence-corrected chi connectivity index (χ4v) is 2.18. The molecule has 4 nitrogen and oxygen atoms in total. The van der Waals surface area contributed by atoms with Gasteiger partial charge in [0.05, 0.1) is 17.3 Å². The molecule has 1 atom stereocenters. The fraction of sp³-hybridized carbons (Fsp3) is 0.308. The van der Waals surface area contributed by atoms with E-state index in [1.54, 1.807) is 30.9 Å². The molecule has 0 radical (unpaired) electrons. The first kappa shape index (κ1) is 14.5. The fourth-order valence-electron chi connectivity index (χ4n) is 2.18. The smallest absolute Gasteiger partial charge is 0.271 e. The van der Waals surface area contributed by atoms with Gasteiger partial charge in [0, 0.05) is 13.2 Å². The number of rotatable bonds is 3. The number of nitrogens with zero attached hydrogens (tertiary/aromatic N) is 2. The van der Waals surface area contributed by atoms with Crippen LogP contribution in [-0.4, -0.2) is 9.78 Å². The van der Waals surface area contributed by atoms with Gasteiger partial charge in [0.1, 0.15) is 0 Å². The van der Waals surface area contributed by atoms with E-state index in [0.29, 0.717) is 11.1 Å². The van der Waals surface area contributed by atoms with Gasteiger partial charge in [-0.25, -0.2) is 5.43 Å². The number of hydrogen-bond acceptors (Lipinski definition) is 3. The quantitative estimate of drug-likeness (QED) is 0.671. The van der Waals surface area contributed by atoms with Gasteiger partial charge in [-0.05, 0) is 36.2 Å². The van der Waals surface area contributed by atoms with Crippen LogP contribution < -0.4 is 11.3 Å². The molecule has 1 heterocycles. The summed E-state index contributed by atoms with van der Waals surface area (Å²) in [6.07, 6.45) is -2.74. The van der Waals surface area contributed by atoms with Gasteiger partial charge in [0.2, 0.25) is 0 Å². The van der Waals surface area contributed by atoms with Gasteiger partial charge >= 0.3 is 6.18 Å². The second-order valence-corrected chi connectivity index (χ2v) is 4.55. The SMILES string of the molecule is Cc1cc(C(F)(F)F)ccc1C(NN)c1ccnn1C. The highest BCUT2D eigenvalue weighted by Crippen LogP contribution is 2.32. The standard InChI is InChI=1S/C13H15F3N4/c1-8-7-9(13(14,15)16)3-4-10(8)12(19-17)11-5-6-18-20(11)2/h3-7,12,19H,17H2,1-2H3. The topological polar surface area (TPSA) is 55.9 Å². The number of nitrogens with two attached hydrogens (primary N) is 1. The van der Waals surface area contributed by atoms with E-state index < -0.39 is 17.8 Å². The number of benzene rings is 1. The van der Waals surface area contributed by atoms with Gasteiger partial charge in [-0.15, -0.1) is 0 Å². The number of aryl methyl sites for hydroxylation is 2. The van der Waals surface area contributed by atoms with Crippen molar-refractivity contribution in [2.75, 3.05) is 0 Å². The van der Waals surface area contributed by atoms with Crippen LogP contribution in [0.2, 0.25) is 0 Å². The molecule has 0 amide bonds. The lowest BCUT2D eigenvalue weighted by atomic mass is 9.97. The monoisotopic (exact) mass is 284 g/mol. The number of hydrogen-bond donors (Lipinski definition) is 2. The number of halogens is 3. The normalized spacial score (nSPS) is 13.5. The molecule has 0 aliphatic carbocycles. The molecule has 2 aromatic rings. The highest BCUT2D eigenvalue weighted by Gasteiger charge is 2.31. The summed E-state index contributed by atoms with van der Waals surface area (Å²) in [6.45, 7) is 1.63. The molecular weight excluding hydrogens is 269 g/mol. The van der Waals surface area contributed by atoms with Crippen molar-refractivity contribution in [2.24, 2.45) is 12.9 Å². The molecule has 2 rings (SSSR count). The van der Waals surface area contributed by atoms with Crippen LogP contribution >= 0.6 is 0 Å². The minimum atomic E-state index is -4.35. The van der Waals surface area contributed by atoms with Gasteiger partial charge in [-0.3, -0.25) is 10.5 Å². The number of hydrazine groups is 1. The third-order valence-electron chi connectivity index (χ3n) is 3.23. The van der Waals surface area contributed by atoms with E-state index in [2.05, 4.69) is 10.5 Å². The highest BCUT2D eigenvalue weighted by atomic mass is 19.4. The lowest BCUT2D eigenvalue weighted by molar-refractivity contribution is -0.137. The van der Waals surface area contributed by atoms with Gasteiger partial charge in [0.15, 0.2) is 0 Å². The van der Waals surface area contributed by atoms with Gasteiger partial charge in [-0.2, -0.15) is 18.3 Å². The molecule has 0 saturated carbocycles. The summed E-state index contributed by atoms with van der Waals surface area (Å²) in [5.41, 5.74) is 3.93. The summed E-state index contributed by atoms with van der Waals surface area (Å²) in [4.78, 5) is 0. The molecule has 20 heavy (non-hydrogen) atoms. The minimum Gasteiger partial charge on any atom is -0.271 e. The zero-order chi connectivity index (χ0) is 14.9. The number of aromatic nitrogens is 2. The molecule has 0 aliphatic heterocycles. The van der Waals surface area contributed by atoms with Crippen LogP contribution in [0.1, 0.15) is 28.4 Å². The Kier molecular flexibility index (Phi) is 3.82. The van der Waals surface area contributed by atoms with Gasteiger partial charge < -0.3 is 0 Å². The predicted molar refractivity (Wildman–Crippen MR) is 68.6 cm³/mol. The number of nitrogens with one attached hydrogen (secondary N) is 1. The Bertz CT molecular complexity index is 604. The van der Waals surface area contributed by atoms with Crippen LogP contribution in [-0.2, 0) is 13.2 Å². The summed E-state index contributed by atoms with van der Waals surface area (Å²) in [6, 6.07) is 4.97. The zero-order valence-electron chi connectivity index (χ0n) is 11.1. The third-order valence-corrected chi connectivity index (χ3v) is 3.23. The molecule has 7 heteroatoms. The van der Waals surface area contributed by atoms with Crippen molar-refractivity contribution in [1.29, 1.82) is 0 Å². The van der Waals surface area contributed by atoms with Crippen LogP contribution in [0.5, 0.6) is 0 Å². The van der Waals surface area contributed by atoms with Crippen molar-refractivity contribution in [3.63, 3.8) is 0 Å². The molecule has 108 valence electrons. The molecule has 0 fully saturated rings. The third kappa shape index (κ3) is 2.68. The largest absolute Gasteiger partial charge is 0.416 e. The average molecular weight is 284 g/mol. The molecule has 1 aromatic heterocycles. The predicted octanol–water partition coefficient (Wildman–Crippen LogP) is 2.30. The van der Waals surface area contributed by atoms with Gasteiger partial charge in [-0.1, -0.05) is 6.07 Å². The molecule has 1 unspecified atom stereocenters. The van der Waals surface area contributed by atoms with Crippen LogP contribution in [0.25, 0.3) is 0 Å². The van der Waals surface area contributed by atoms with E-state index in [1.807, 2.05) is 0 Å². The summed E-state index contributed by atoms with van der Waals surface area (Å²) in [5.74, 6) is 5.54. The van der Waals surface area contributed by atoms with E-state index >= 15 is 0 Å². The maximum atomic E-state index is 12.7. The van der Waals surface area contributed by atoms with Crippen molar-refractivity contribution in [3.05, 3.63) is 52.8 Å². The summed E-state index contributed by atoms with van der Waals surface area (Å²) in [5, 5.41) is 4.04. The van der Waals surface area contributed by atoms with Crippen molar-refractivity contribution in [3.8, 4) is 0 Å². The van der Waals surface area contributed by atoms with Crippen LogP contribution in [0.15, 0.2) is 30.5 Å². The highest BCUT2D eigenvalue weighted by molar-refractivity contribution is 5.38. The second-order valence-electron chi connectivity index (χ2n) is 4.55. The Labute approximate surface area is 114 Å². The zero-order valence-corrected chi connectivity index (χ0v) is 11.1. The van der Waals surface area contributed by atoms with Crippen LogP contribution in [0.4, 0.5) is 13.2 Å². The van der Waals surface area contributed by atoms with Crippen molar-refractivity contribution in [2.45, 2.75) is 19.1 Å². The second kappa shape index (κ2) is 5.26. The van der Waals surface area contributed by atoms with Crippen molar-refractivity contribution in [1.82, 2.24) is 15.2 Å². The van der Waals surface area contributed by atoms with E-state index in [-0.39, 0.29) is 0 Å². The summed E-state index contributed by atoms with van der Waals surface area (Å²) < 4.78 is 39.6. The van der Waals surface area contributed by atoms with Crippen molar-refractivity contribution < 1.29 is 13.2 Å². The molecule has 1 aromatic carbocycles. The lowest BCUT2D eigenvalue weighted by Gasteiger charge is -2.20. The first-order chi connectivity index (χ1) is 9.34. The van der Waals surface area contributed by atoms with E-state index in [1.165, 1.54) is 6.07 Å². The maximum Gasteiger partial charge on any atom is 0.416 e. The van der Waals surface area contributed by atoms with Gasteiger partial charge in [0.25, 0.3) is 0 Å². The Hall–Kier alpha value is -1.86. The van der Waals surface area contributed by atoms with E-state index in [0.717, 1.165) is 17.8 Å². The Morgan fingerprint density at radius 1 is 1.30 bits per heavy atom. The summed E-state index contributed by atoms with van der Waals surface area (Å²) in [7, 11) is 1.75. The van der Waals surface area contributed by atoms with Crippen molar-refractivity contribution >= 4 is 0 Å². The molecular formula is C13H15F3N4. The van der Waals surface area contributed by atoms with Crippen LogP contribution in [0, 0.1) is 6.92 Å². The first-order valence-electron chi connectivity index (χ1n) is 5.96. The average Bonchev–Trinajstić information content (AvgIpc) is 2.77. The van der Waals surface area contributed by atoms with E-state index in [9.17, 15) is 13.2 Å². The molecule has 0 bridgehead atoms. The van der Waals surface area contributed by atoms with E-state index in [4.69, 9.17) is 5.84 Å². The molecule has 0 spiro atoms. The molecule has 3 N–H and O–H groups in total. The summed E-state index contributed by atoms with van der Waals surface area (Å²) >= 11 is 0. The van der Waals surface area contributed by atoms with Crippen LogP contribution in [0.3, 0.4) is 0 Å². The molecule has 0 saturated heterocycles. The first-order valence-corrected chi connectivity index (χ1v) is 5.96. The lowest BCUT2D eigenvalue weighted by Crippen LogP contribution is -2.31. The Morgan fingerprint density at radius 3 is 2.45 bits per heavy atom. The minimum absolute atomic E-state index is 0.412. The molecule has 0 aliphatic rings. The maximum absolute atomic E-state index is 12.7.